The number of aromatic carboxylic acids is 1. The van der Waals surface area contributed by atoms with Crippen LogP contribution in [-0.2, 0) is 11.2 Å². The van der Waals surface area contributed by atoms with Crippen LogP contribution >= 0.6 is 0 Å². The molecule has 1 aliphatic carbocycles. The third kappa shape index (κ3) is 3.61. The molecule has 1 aliphatic heterocycles. The molecule has 0 spiro atoms. The van der Waals surface area contributed by atoms with E-state index < -0.39 is 11.6 Å². The first-order valence-electron chi connectivity index (χ1n) is 9.15. The van der Waals surface area contributed by atoms with E-state index in [0.717, 1.165) is 0 Å². The van der Waals surface area contributed by atoms with Gasteiger partial charge in [-0.1, -0.05) is 0 Å². The molecule has 1 saturated heterocycles. The standard InChI is InChI=1S/C19H26N2O5/c1-19(2,3)26-18(25)20-9-7-12(8-10-20)21-11-14(17(23)24)13-5-4-6-15(22)16(13)21/h11-12H,4-10H2,1-3H3,(H,23,24). The van der Waals surface area contributed by atoms with Gasteiger partial charge in [0, 0.05) is 31.7 Å². The molecule has 1 aromatic rings. The zero-order chi connectivity index (χ0) is 19.1. The van der Waals surface area contributed by atoms with Crippen molar-refractivity contribution in [3.8, 4) is 0 Å². The van der Waals surface area contributed by atoms with Crippen LogP contribution in [0.3, 0.4) is 0 Å². The summed E-state index contributed by atoms with van der Waals surface area (Å²) < 4.78 is 7.26. The fourth-order valence-electron chi connectivity index (χ4n) is 3.80. The summed E-state index contributed by atoms with van der Waals surface area (Å²) in [5.41, 5.74) is 0.936. The first kappa shape index (κ1) is 18.5. The summed E-state index contributed by atoms with van der Waals surface area (Å²) in [6.07, 6.45) is 4.43. The summed E-state index contributed by atoms with van der Waals surface area (Å²) >= 11 is 0. The van der Waals surface area contributed by atoms with Gasteiger partial charge in [0.05, 0.1) is 11.3 Å². The van der Waals surface area contributed by atoms with Crippen molar-refractivity contribution < 1.29 is 24.2 Å². The molecule has 0 unspecified atom stereocenters. The summed E-state index contributed by atoms with van der Waals surface area (Å²) in [6, 6.07) is 0.0255. The number of carboxylic acids is 1. The Morgan fingerprint density at radius 3 is 2.42 bits per heavy atom. The Morgan fingerprint density at radius 2 is 1.85 bits per heavy atom. The second kappa shape index (κ2) is 6.78. The number of amides is 1. The third-order valence-electron chi connectivity index (χ3n) is 4.97. The first-order chi connectivity index (χ1) is 12.2. The largest absolute Gasteiger partial charge is 0.478 e. The van der Waals surface area contributed by atoms with Crippen molar-refractivity contribution in [2.45, 2.75) is 64.5 Å². The van der Waals surface area contributed by atoms with Crippen molar-refractivity contribution in [3.63, 3.8) is 0 Å². The summed E-state index contributed by atoms with van der Waals surface area (Å²) in [6.45, 7) is 6.57. The van der Waals surface area contributed by atoms with Gasteiger partial charge in [-0.3, -0.25) is 4.79 Å². The van der Waals surface area contributed by atoms with Gasteiger partial charge in [-0.05, 0) is 52.0 Å². The Hall–Kier alpha value is -2.31. The van der Waals surface area contributed by atoms with E-state index in [9.17, 15) is 19.5 Å². The number of hydrogen-bond donors (Lipinski definition) is 1. The normalized spacial score (nSPS) is 18.6. The van der Waals surface area contributed by atoms with Gasteiger partial charge in [0.15, 0.2) is 5.78 Å². The van der Waals surface area contributed by atoms with Gasteiger partial charge in [0.25, 0.3) is 0 Å². The Labute approximate surface area is 152 Å². The van der Waals surface area contributed by atoms with Crippen LogP contribution in [0.1, 0.15) is 78.9 Å². The zero-order valence-electron chi connectivity index (χ0n) is 15.6. The van der Waals surface area contributed by atoms with E-state index in [0.29, 0.717) is 56.5 Å². The van der Waals surface area contributed by atoms with Crippen LogP contribution in [0.15, 0.2) is 6.20 Å². The number of rotatable bonds is 2. The van der Waals surface area contributed by atoms with Gasteiger partial charge < -0.3 is 19.3 Å². The molecule has 3 rings (SSSR count). The quantitative estimate of drug-likeness (QED) is 0.872. The Morgan fingerprint density at radius 1 is 1.19 bits per heavy atom. The summed E-state index contributed by atoms with van der Waals surface area (Å²) in [4.78, 5) is 37.9. The molecular formula is C19H26N2O5. The number of likely N-dealkylation sites (tertiary alicyclic amines) is 1. The second-order valence-electron chi connectivity index (χ2n) is 8.06. The van der Waals surface area contributed by atoms with Crippen LogP contribution in [-0.4, -0.2) is 51.1 Å². The predicted octanol–water partition coefficient (Wildman–Crippen LogP) is 3.28. The van der Waals surface area contributed by atoms with Crippen molar-refractivity contribution in [3.05, 3.63) is 23.0 Å². The smallest absolute Gasteiger partial charge is 0.410 e. The van der Waals surface area contributed by atoms with Crippen molar-refractivity contribution in [1.82, 2.24) is 9.47 Å². The number of carbonyl (C=O) groups excluding carboxylic acids is 2. The molecule has 2 aliphatic rings. The molecule has 1 fully saturated rings. The van der Waals surface area contributed by atoms with Crippen molar-refractivity contribution in [2.24, 2.45) is 0 Å². The lowest BCUT2D eigenvalue weighted by molar-refractivity contribution is 0.0187. The third-order valence-corrected chi connectivity index (χ3v) is 4.97. The predicted molar refractivity (Wildman–Crippen MR) is 94.7 cm³/mol. The van der Waals surface area contributed by atoms with Crippen molar-refractivity contribution in [2.75, 3.05) is 13.1 Å². The van der Waals surface area contributed by atoms with E-state index in [-0.39, 0.29) is 23.5 Å². The van der Waals surface area contributed by atoms with E-state index >= 15 is 0 Å². The lowest BCUT2D eigenvalue weighted by Gasteiger charge is -2.34. The lowest BCUT2D eigenvalue weighted by atomic mass is 9.93. The molecule has 0 radical (unpaired) electrons. The number of ketones is 1. The highest BCUT2D eigenvalue weighted by Gasteiger charge is 2.33. The summed E-state index contributed by atoms with van der Waals surface area (Å²) in [5, 5.41) is 9.47. The first-order valence-corrected chi connectivity index (χ1v) is 9.15. The van der Waals surface area contributed by atoms with E-state index in [2.05, 4.69) is 0 Å². The number of fused-ring (bicyclic) bond motifs is 1. The van der Waals surface area contributed by atoms with Crippen molar-refractivity contribution >= 4 is 17.8 Å². The van der Waals surface area contributed by atoms with Gasteiger partial charge in [0.1, 0.15) is 5.60 Å². The van der Waals surface area contributed by atoms with E-state index in [4.69, 9.17) is 4.74 Å². The maximum absolute atomic E-state index is 12.4. The average molecular weight is 362 g/mol. The molecule has 7 nitrogen and oxygen atoms in total. The molecule has 0 saturated carbocycles. The van der Waals surface area contributed by atoms with E-state index in [1.165, 1.54) is 0 Å². The van der Waals surface area contributed by atoms with E-state index in [1.54, 1.807) is 11.1 Å². The molecule has 2 heterocycles. The van der Waals surface area contributed by atoms with Crippen LogP contribution in [0.2, 0.25) is 0 Å². The Kier molecular flexibility index (Phi) is 4.82. The number of piperidine rings is 1. The summed E-state index contributed by atoms with van der Waals surface area (Å²) in [7, 11) is 0. The molecule has 0 aromatic carbocycles. The second-order valence-corrected chi connectivity index (χ2v) is 8.06. The molecular weight excluding hydrogens is 336 g/mol. The highest BCUT2D eigenvalue weighted by molar-refractivity contribution is 6.01. The number of nitrogens with zero attached hydrogens (tertiary/aromatic N) is 2. The minimum Gasteiger partial charge on any atom is -0.478 e. The topological polar surface area (TPSA) is 88.8 Å². The molecule has 26 heavy (non-hydrogen) atoms. The van der Waals surface area contributed by atoms with Crippen molar-refractivity contribution in [1.29, 1.82) is 0 Å². The van der Waals surface area contributed by atoms with Gasteiger partial charge >= 0.3 is 12.1 Å². The maximum Gasteiger partial charge on any atom is 0.410 e. The van der Waals surface area contributed by atoms with Gasteiger partial charge in [0.2, 0.25) is 0 Å². The number of Topliss-reactive ketones (excluding diaryl/α,β-unsaturated/α-hetero) is 1. The molecule has 7 heteroatoms. The Bertz CT molecular complexity index is 736. The van der Waals surface area contributed by atoms with Gasteiger partial charge in [-0.25, -0.2) is 9.59 Å². The molecule has 1 amide bonds. The number of hydrogen-bond acceptors (Lipinski definition) is 4. The minimum absolute atomic E-state index is 0.0216. The highest BCUT2D eigenvalue weighted by Crippen LogP contribution is 2.33. The van der Waals surface area contributed by atoms with Crippen LogP contribution in [0, 0.1) is 0 Å². The van der Waals surface area contributed by atoms with Gasteiger partial charge in [-0.15, -0.1) is 0 Å². The minimum atomic E-state index is -0.985. The average Bonchev–Trinajstić information content (AvgIpc) is 2.95. The summed E-state index contributed by atoms with van der Waals surface area (Å²) in [5.74, 6) is -0.964. The molecule has 0 bridgehead atoms. The Balaban J connectivity index is 1.77. The van der Waals surface area contributed by atoms with Crippen LogP contribution in [0.5, 0.6) is 0 Å². The molecule has 0 atom stereocenters. The molecule has 142 valence electrons. The SMILES string of the molecule is CC(C)(C)OC(=O)N1CCC(n2cc(C(=O)O)c3c2C(=O)CCC3)CC1. The highest BCUT2D eigenvalue weighted by atomic mass is 16.6. The van der Waals surface area contributed by atoms with Crippen LogP contribution in [0.4, 0.5) is 4.79 Å². The number of carboxylic acid groups (broad SMARTS) is 1. The lowest BCUT2D eigenvalue weighted by Crippen LogP contribution is -2.42. The number of aromatic nitrogens is 1. The fraction of sp³-hybridized carbons (Fsp3) is 0.632. The van der Waals surface area contributed by atoms with Crippen LogP contribution < -0.4 is 0 Å². The van der Waals surface area contributed by atoms with Gasteiger partial charge in [-0.2, -0.15) is 0 Å². The number of carbonyl (C=O) groups is 3. The number of ether oxygens (including phenoxy) is 1. The monoisotopic (exact) mass is 362 g/mol. The molecule has 1 N–H and O–H groups in total. The maximum atomic E-state index is 12.4. The fourth-order valence-corrected chi connectivity index (χ4v) is 3.80. The zero-order valence-corrected chi connectivity index (χ0v) is 15.6. The van der Waals surface area contributed by atoms with E-state index in [1.807, 2.05) is 25.3 Å². The molecule has 1 aromatic heterocycles. The van der Waals surface area contributed by atoms with Crippen LogP contribution in [0.25, 0.3) is 0 Å².